The van der Waals surface area contributed by atoms with Crippen molar-refractivity contribution in [3.8, 4) is 0 Å². The summed E-state index contributed by atoms with van der Waals surface area (Å²) in [6.07, 6.45) is 1.01. The number of rotatable bonds is 3. The molecule has 0 bridgehead atoms. The molecule has 7 nitrogen and oxygen atoms in total. The van der Waals surface area contributed by atoms with Crippen molar-refractivity contribution < 1.29 is 14.3 Å². The molecule has 1 saturated heterocycles. The molecule has 0 saturated carbocycles. The molecule has 0 radical (unpaired) electrons. The molecule has 3 rings (SSSR count). The van der Waals surface area contributed by atoms with Gasteiger partial charge in [-0.25, -0.2) is 4.99 Å². The van der Waals surface area contributed by atoms with Crippen LogP contribution in [-0.4, -0.2) is 55.0 Å². The standard InChI is InChI=1S/C17H22N4O3/c1-2-12-3-5-13(6-4-12)18-16(23)14-11-15(22)20-17(19-14)21-7-9-24-10-8-21/h3-6,14H,2,7-11H2,1H3,(H,18,23)(H,19,20,22). The lowest BCUT2D eigenvalue weighted by Gasteiger charge is -2.32. The fourth-order valence-electron chi connectivity index (χ4n) is 2.71. The van der Waals surface area contributed by atoms with E-state index in [0.717, 1.165) is 6.42 Å². The molecule has 2 aliphatic heterocycles. The molecule has 1 aromatic carbocycles. The third-order valence-corrected chi connectivity index (χ3v) is 4.15. The Bertz CT molecular complexity index is 636. The predicted molar refractivity (Wildman–Crippen MR) is 90.8 cm³/mol. The van der Waals surface area contributed by atoms with Crippen LogP contribution in [0.1, 0.15) is 18.9 Å². The SMILES string of the molecule is CCc1ccc(NC(=O)C2CC(=O)NC(N3CCOCC3)=N2)cc1. The number of hydrogen-bond donors (Lipinski definition) is 2. The normalized spacial score (nSPS) is 21.0. The minimum atomic E-state index is -0.706. The van der Waals surface area contributed by atoms with Gasteiger partial charge in [-0.05, 0) is 24.1 Å². The van der Waals surface area contributed by atoms with Crippen molar-refractivity contribution in [2.45, 2.75) is 25.8 Å². The first-order chi connectivity index (χ1) is 11.7. The molecule has 0 aromatic heterocycles. The number of carbonyl (C=O) groups is 2. The van der Waals surface area contributed by atoms with Crippen LogP contribution in [0.25, 0.3) is 0 Å². The Hall–Kier alpha value is -2.41. The molecule has 0 aliphatic carbocycles. The van der Waals surface area contributed by atoms with Crippen LogP contribution in [0.4, 0.5) is 5.69 Å². The molecule has 1 aromatic rings. The molecular formula is C17H22N4O3. The molecule has 2 aliphatic rings. The van der Waals surface area contributed by atoms with E-state index in [2.05, 4.69) is 22.5 Å². The molecule has 7 heteroatoms. The van der Waals surface area contributed by atoms with Gasteiger partial charge < -0.3 is 15.0 Å². The van der Waals surface area contributed by atoms with E-state index < -0.39 is 6.04 Å². The summed E-state index contributed by atoms with van der Waals surface area (Å²) in [7, 11) is 0. The third-order valence-electron chi connectivity index (χ3n) is 4.15. The lowest BCUT2D eigenvalue weighted by Crippen LogP contribution is -2.53. The van der Waals surface area contributed by atoms with Gasteiger partial charge in [0.1, 0.15) is 6.04 Å². The highest BCUT2D eigenvalue weighted by molar-refractivity contribution is 6.05. The Morgan fingerprint density at radius 3 is 2.71 bits per heavy atom. The molecule has 1 fully saturated rings. The molecule has 128 valence electrons. The van der Waals surface area contributed by atoms with Gasteiger partial charge in [0.2, 0.25) is 17.8 Å². The number of hydrogen-bond acceptors (Lipinski definition) is 5. The Morgan fingerprint density at radius 1 is 1.33 bits per heavy atom. The number of anilines is 1. The number of ether oxygens (including phenoxy) is 1. The van der Waals surface area contributed by atoms with E-state index in [1.54, 1.807) is 0 Å². The van der Waals surface area contributed by atoms with Gasteiger partial charge in [-0.15, -0.1) is 0 Å². The van der Waals surface area contributed by atoms with E-state index in [4.69, 9.17) is 4.74 Å². The van der Waals surface area contributed by atoms with Gasteiger partial charge in [0.25, 0.3) is 0 Å². The van der Waals surface area contributed by atoms with E-state index in [1.807, 2.05) is 29.2 Å². The van der Waals surface area contributed by atoms with Gasteiger partial charge in [-0.1, -0.05) is 19.1 Å². The van der Waals surface area contributed by atoms with Crippen molar-refractivity contribution in [2.75, 3.05) is 31.6 Å². The molecular weight excluding hydrogens is 308 g/mol. The molecule has 2 heterocycles. The molecule has 1 unspecified atom stereocenters. The third kappa shape index (κ3) is 3.91. The van der Waals surface area contributed by atoms with Crippen molar-refractivity contribution in [3.63, 3.8) is 0 Å². The number of aliphatic imine (C=N–C) groups is 1. The number of nitrogens with zero attached hydrogens (tertiary/aromatic N) is 2. The summed E-state index contributed by atoms with van der Waals surface area (Å²) >= 11 is 0. The second-order valence-corrected chi connectivity index (χ2v) is 5.86. The molecule has 1 atom stereocenters. The van der Waals surface area contributed by atoms with Crippen LogP contribution in [0.15, 0.2) is 29.3 Å². The second-order valence-electron chi connectivity index (χ2n) is 5.86. The first-order valence-electron chi connectivity index (χ1n) is 8.26. The topological polar surface area (TPSA) is 83.0 Å². The maximum Gasteiger partial charge on any atom is 0.249 e. The highest BCUT2D eigenvalue weighted by atomic mass is 16.5. The van der Waals surface area contributed by atoms with Crippen LogP contribution >= 0.6 is 0 Å². The van der Waals surface area contributed by atoms with Crippen LogP contribution in [0.2, 0.25) is 0 Å². The average Bonchev–Trinajstić information content (AvgIpc) is 2.62. The van der Waals surface area contributed by atoms with Gasteiger partial charge in [-0.3, -0.25) is 14.9 Å². The Morgan fingerprint density at radius 2 is 2.04 bits per heavy atom. The highest BCUT2D eigenvalue weighted by Gasteiger charge is 2.29. The van der Waals surface area contributed by atoms with Gasteiger partial charge in [0, 0.05) is 18.8 Å². The summed E-state index contributed by atoms with van der Waals surface area (Å²) in [6.45, 7) is 4.58. The first kappa shape index (κ1) is 16.4. The average molecular weight is 330 g/mol. The van der Waals surface area contributed by atoms with Crippen LogP contribution in [-0.2, 0) is 20.7 Å². The summed E-state index contributed by atoms with van der Waals surface area (Å²) < 4.78 is 5.30. The maximum absolute atomic E-state index is 12.5. The second kappa shape index (κ2) is 7.44. The summed E-state index contributed by atoms with van der Waals surface area (Å²) in [5.74, 6) is 0.0175. The molecule has 0 spiro atoms. The van der Waals surface area contributed by atoms with Crippen molar-refractivity contribution >= 4 is 23.5 Å². The van der Waals surface area contributed by atoms with E-state index in [-0.39, 0.29) is 18.2 Å². The Labute approximate surface area is 141 Å². The monoisotopic (exact) mass is 330 g/mol. The van der Waals surface area contributed by atoms with Crippen molar-refractivity contribution in [1.82, 2.24) is 10.2 Å². The summed E-state index contributed by atoms with van der Waals surface area (Å²) in [5, 5.41) is 5.59. The van der Waals surface area contributed by atoms with Gasteiger partial charge in [0.05, 0.1) is 19.6 Å². The zero-order valence-electron chi connectivity index (χ0n) is 13.7. The number of guanidine groups is 1. The van der Waals surface area contributed by atoms with Crippen LogP contribution in [0.5, 0.6) is 0 Å². The Balaban J connectivity index is 1.69. The van der Waals surface area contributed by atoms with Crippen LogP contribution < -0.4 is 10.6 Å². The Kier molecular flexibility index (Phi) is 5.10. The fourth-order valence-corrected chi connectivity index (χ4v) is 2.71. The summed E-state index contributed by atoms with van der Waals surface area (Å²) in [4.78, 5) is 30.8. The fraction of sp³-hybridized carbons (Fsp3) is 0.471. The zero-order valence-corrected chi connectivity index (χ0v) is 13.7. The van der Waals surface area contributed by atoms with Crippen molar-refractivity contribution in [3.05, 3.63) is 29.8 Å². The van der Waals surface area contributed by atoms with Crippen molar-refractivity contribution in [2.24, 2.45) is 4.99 Å². The molecule has 2 amide bonds. The number of nitrogens with one attached hydrogen (secondary N) is 2. The number of morpholine rings is 1. The summed E-state index contributed by atoms with van der Waals surface area (Å²) in [6, 6.07) is 6.98. The zero-order chi connectivity index (χ0) is 16.9. The molecule has 2 N–H and O–H groups in total. The van der Waals surface area contributed by atoms with Gasteiger partial charge >= 0.3 is 0 Å². The minimum Gasteiger partial charge on any atom is -0.378 e. The van der Waals surface area contributed by atoms with Crippen molar-refractivity contribution in [1.29, 1.82) is 0 Å². The number of amides is 2. The van der Waals surface area contributed by atoms with E-state index in [1.165, 1.54) is 5.56 Å². The van der Waals surface area contributed by atoms with Crippen LogP contribution in [0.3, 0.4) is 0 Å². The minimum absolute atomic E-state index is 0.0622. The number of carbonyl (C=O) groups excluding carboxylic acids is 2. The lowest BCUT2D eigenvalue weighted by molar-refractivity contribution is -0.125. The predicted octanol–water partition coefficient (Wildman–Crippen LogP) is 0.764. The summed E-state index contributed by atoms with van der Waals surface area (Å²) in [5.41, 5.74) is 1.92. The maximum atomic E-state index is 12.5. The van der Waals surface area contributed by atoms with Crippen LogP contribution in [0, 0.1) is 0 Å². The highest BCUT2D eigenvalue weighted by Crippen LogP contribution is 2.14. The van der Waals surface area contributed by atoms with E-state index in [9.17, 15) is 9.59 Å². The molecule has 24 heavy (non-hydrogen) atoms. The van der Waals surface area contributed by atoms with E-state index >= 15 is 0 Å². The first-order valence-corrected chi connectivity index (χ1v) is 8.26. The van der Waals surface area contributed by atoms with E-state index in [0.29, 0.717) is 38.0 Å². The van der Waals surface area contributed by atoms with Gasteiger partial charge in [0.15, 0.2) is 0 Å². The largest absolute Gasteiger partial charge is 0.378 e. The lowest BCUT2D eigenvalue weighted by atomic mass is 10.1. The number of aryl methyl sites for hydroxylation is 1. The number of benzene rings is 1. The smallest absolute Gasteiger partial charge is 0.249 e. The van der Waals surface area contributed by atoms with Gasteiger partial charge in [-0.2, -0.15) is 0 Å². The quantitative estimate of drug-likeness (QED) is 0.857.